The highest BCUT2D eigenvalue weighted by Gasteiger charge is 2.35. The van der Waals surface area contributed by atoms with Crippen LogP contribution in [0.5, 0.6) is 11.5 Å². The predicted molar refractivity (Wildman–Crippen MR) is 117 cm³/mol. The molecule has 0 amide bonds. The molecule has 0 aromatic heterocycles. The van der Waals surface area contributed by atoms with Crippen LogP contribution in [0.2, 0.25) is 0 Å². The number of aliphatic hydroxyl groups excluding tert-OH is 3. The number of hydrogen-bond acceptors (Lipinski definition) is 5. The Morgan fingerprint density at radius 2 is 1.23 bits per heavy atom. The second-order valence-electron chi connectivity index (χ2n) is 8.21. The Bertz CT molecular complexity index is 691. The first-order valence-corrected chi connectivity index (χ1v) is 11.0. The standard InChI is InChI=1S/C25H34O5/c1-2-21(27)17-29-23-10-6-19(7-11-23)25(14-4-3-5-15-25)20-8-12-24(13-9-20)30-18-22(28)16-26/h6-13,21-22,26-28H,2-5,14-18H2,1H3. The molecule has 2 aromatic rings. The first-order chi connectivity index (χ1) is 14.6. The molecule has 2 atom stereocenters. The second kappa shape index (κ2) is 10.8. The van der Waals surface area contributed by atoms with Crippen molar-refractivity contribution in [1.29, 1.82) is 0 Å². The van der Waals surface area contributed by atoms with E-state index in [9.17, 15) is 10.2 Å². The summed E-state index contributed by atoms with van der Waals surface area (Å²) in [6.07, 6.45) is 5.24. The van der Waals surface area contributed by atoms with Crippen LogP contribution in [-0.2, 0) is 5.41 Å². The molecule has 0 spiro atoms. The maximum Gasteiger partial charge on any atom is 0.119 e. The molecule has 2 unspecified atom stereocenters. The zero-order valence-electron chi connectivity index (χ0n) is 17.8. The van der Waals surface area contributed by atoms with Gasteiger partial charge in [0.1, 0.15) is 30.8 Å². The third-order valence-electron chi connectivity index (χ3n) is 6.09. The molecule has 0 radical (unpaired) electrons. The van der Waals surface area contributed by atoms with E-state index in [0.29, 0.717) is 18.8 Å². The van der Waals surface area contributed by atoms with E-state index in [1.165, 1.54) is 30.4 Å². The van der Waals surface area contributed by atoms with E-state index in [1.54, 1.807) is 0 Å². The summed E-state index contributed by atoms with van der Waals surface area (Å²) in [6, 6.07) is 16.4. The highest BCUT2D eigenvalue weighted by molar-refractivity contribution is 5.43. The van der Waals surface area contributed by atoms with Gasteiger partial charge in [0.2, 0.25) is 0 Å². The number of ether oxygens (including phenoxy) is 2. The van der Waals surface area contributed by atoms with Crippen LogP contribution in [0.25, 0.3) is 0 Å². The Balaban J connectivity index is 1.77. The van der Waals surface area contributed by atoms with Crippen molar-refractivity contribution in [3.8, 4) is 11.5 Å². The highest BCUT2D eigenvalue weighted by atomic mass is 16.5. The van der Waals surface area contributed by atoms with Crippen LogP contribution in [0.3, 0.4) is 0 Å². The SMILES string of the molecule is CCC(O)COc1ccc(C2(c3ccc(OCC(O)CO)cc3)CCCCC2)cc1. The zero-order valence-corrected chi connectivity index (χ0v) is 17.8. The van der Waals surface area contributed by atoms with Crippen LogP contribution in [0.15, 0.2) is 48.5 Å². The molecule has 164 valence electrons. The van der Waals surface area contributed by atoms with Gasteiger partial charge in [-0.3, -0.25) is 0 Å². The molecule has 5 heteroatoms. The second-order valence-corrected chi connectivity index (χ2v) is 8.21. The summed E-state index contributed by atoms with van der Waals surface area (Å²) < 4.78 is 11.3. The molecule has 0 heterocycles. The number of rotatable bonds is 10. The Kier molecular flexibility index (Phi) is 8.14. The van der Waals surface area contributed by atoms with E-state index < -0.39 is 12.2 Å². The fourth-order valence-electron chi connectivity index (χ4n) is 4.20. The summed E-state index contributed by atoms with van der Waals surface area (Å²) in [4.78, 5) is 0. The van der Waals surface area contributed by atoms with Crippen molar-refractivity contribution in [3.05, 3.63) is 59.7 Å². The van der Waals surface area contributed by atoms with E-state index in [-0.39, 0.29) is 18.6 Å². The average Bonchev–Trinajstić information content (AvgIpc) is 2.82. The van der Waals surface area contributed by atoms with Gasteiger partial charge in [-0.05, 0) is 54.7 Å². The van der Waals surface area contributed by atoms with Gasteiger partial charge in [0, 0.05) is 5.41 Å². The van der Waals surface area contributed by atoms with Crippen molar-refractivity contribution in [1.82, 2.24) is 0 Å². The lowest BCUT2D eigenvalue weighted by Crippen LogP contribution is -2.30. The third-order valence-corrected chi connectivity index (χ3v) is 6.09. The van der Waals surface area contributed by atoms with Gasteiger partial charge in [0.05, 0.1) is 12.7 Å². The molecule has 30 heavy (non-hydrogen) atoms. The minimum absolute atomic E-state index is 0.0249. The van der Waals surface area contributed by atoms with Gasteiger partial charge >= 0.3 is 0 Å². The fourth-order valence-corrected chi connectivity index (χ4v) is 4.20. The molecule has 2 aromatic carbocycles. The van der Waals surface area contributed by atoms with Gasteiger partial charge in [-0.25, -0.2) is 0 Å². The first kappa shape index (κ1) is 22.6. The Labute approximate surface area is 179 Å². The molecule has 0 bridgehead atoms. The molecule has 1 aliphatic carbocycles. The Hall–Kier alpha value is -2.08. The maximum atomic E-state index is 9.71. The van der Waals surface area contributed by atoms with Gasteiger partial charge < -0.3 is 24.8 Å². The molecule has 1 fully saturated rings. The first-order valence-electron chi connectivity index (χ1n) is 11.0. The molecule has 3 N–H and O–H groups in total. The van der Waals surface area contributed by atoms with Crippen LogP contribution in [0.1, 0.15) is 56.6 Å². The monoisotopic (exact) mass is 414 g/mol. The summed E-state index contributed by atoms with van der Waals surface area (Å²) in [5.74, 6) is 1.47. The van der Waals surface area contributed by atoms with Gasteiger partial charge in [-0.2, -0.15) is 0 Å². The van der Waals surface area contributed by atoms with Gasteiger partial charge in [0.25, 0.3) is 0 Å². The zero-order chi connectivity index (χ0) is 21.4. The van der Waals surface area contributed by atoms with Crippen molar-refractivity contribution in [2.75, 3.05) is 19.8 Å². The molecule has 0 aliphatic heterocycles. The van der Waals surface area contributed by atoms with E-state index in [0.717, 1.165) is 18.6 Å². The summed E-state index contributed by atoms with van der Waals surface area (Å²) >= 11 is 0. The summed E-state index contributed by atoms with van der Waals surface area (Å²) in [7, 11) is 0. The van der Waals surface area contributed by atoms with E-state index in [2.05, 4.69) is 24.3 Å². The molecular formula is C25H34O5. The minimum atomic E-state index is -0.867. The number of benzene rings is 2. The van der Waals surface area contributed by atoms with Gasteiger partial charge in [-0.15, -0.1) is 0 Å². The van der Waals surface area contributed by atoms with Crippen molar-refractivity contribution >= 4 is 0 Å². The lowest BCUT2D eigenvalue weighted by molar-refractivity contribution is 0.0536. The van der Waals surface area contributed by atoms with Crippen LogP contribution >= 0.6 is 0 Å². The van der Waals surface area contributed by atoms with Crippen LogP contribution < -0.4 is 9.47 Å². The fraction of sp³-hybridized carbons (Fsp3) is 0.520. The van der Waals surface area contributed by atoms with E-state index >= 15 is 0 Å². The average molecular weight is 415 g/mol. The lowest BCUT2D eigenvalue weighted by Gasteiger charge is -2.38. The summed E-state index contributed by atoms with van der Waals surface area (Å²) in [5.41, 5.74) is 2.53. The number of aliphatic hydroxyl groups is 3. The minimum Gasteiger partial charge on any atom is -0.491 e. The van der Waals surface area contributed by atoms with Crippen molar-refractivity contribution in [2.24, 2.45) is 0 Å². The molecule has 1 aliphatic rings. The molecular weight excluding hydrogens is 380 g/mol. The highest BCUT2D eigenvalue weighted by Crippen LogP contribution is 2.45. The quantitative estimate of drug-likeness (QED) is 0.551. The van der Waals surface area contributed by atoms with Crippen LogP contribution in [0, 0.1) is 0 Å². The molecule has 5 nitrogen and oxygen atoms in total. The van der Waals surface area contributed by atoms with Gasteiger partial charge in [0.15, 0.2) is 0 Å². The topological polar surface area (TPSA) is 79.2 Å². The van der Waals surface area contributed by atoms with Crippen LogP contribution in [0.4, 0.5) is 0 Å². The molecule has 3 rings (SSSR count). The Morgan fingerprint density at radius 3 is 1.67 bits per heavy atom. The molecule has 1 saturated carbocycles. The maximum absolute atomic E-state index is 9.71. The molecule has 0 saturated heterocycles. The van der Waals surface area contributed by atoms with Crippen molar-refractivity contribution < 1.29 is 24.8 Å². The van der Waals surface area contributed by atoms with E-state index in [4.69, 9.17) is 14.6 Å². The lowest BCUT2D eigenvalue weighted by atomic mass is 9.65. The van der Waals surface area contributed by atoms with Crippen molar-refractivity contribution in [3.63, 3.8) is 0 Å². The predicted octanol–water partition coefficient (Wildman–Crippen LogP) is 3.82. The van der Waals surface area contributed by atoms with Crippen molar-refractivity contribution in [2.45, 2.75) is 63.1 Å². The van der Waals surface area contributed by atoms with Crippen LogP contribution in [-0.4, -0.2) is 47.3 Å². The number of hydrogen-bond donors (Lipinski definition) is 3. The third kappa shape index (κ3) is 5.54. The van der Waals surface area contributed by atoms with Gasteiger partial charge in [-0.1, -0.05) is 50.5 Å². The summed E-state index contributed by atoms with van der Waals surface area (Å²) in [5, 5.41) is 28.1. The Morgan fingerprint density at radius 1 is 0.767 bits per heavy atom. The largest absolute Gasteiger partial charge is 0.491 e. The smallest absolute Gasteiger partial charge is 0.119 e. The normalized spacial score (nSPS) is 17.9. The summed E-state index contributed by atoms with van der Waals surface area (Å²) in [6.45, 7) is 2.02. The van der Waals surface area contributed by atoms with E-state index in [1.807, 2.05) is 31.2 Å².